The van der Waals surface area contributed by atoms with Crippen molar-refractivity contribution >= 4 is 22.9 Å². The average molecular weight is 225 g/mol. The van der Waals surface area contributed by atoms with Gasteiger partial charge in [0.25, 0.3) is 0 Å². The molecule has 0 aliphatic rings. The van der Waals surface area contributed by atoms with E-state index in [1.54, 1.807) is 11.3 Å². The van der Waals surface area contributed by atoms with Crippen molar-refractivity contribution in [3.63, 3.8) is 0 Å². The Balaban J connectivity index is 1.81. The molecule has 2 rings (SSSR count). The van der Waals surface area contributed by atoms with E-state index in [0.29, 0.717) is 0 Å². The molecular weight excluding hydrogens is 214 g/mol. The average Bonchev–Trinajstić information content (AvgIpc) is 2.78. The van der Waals surface area contributed by atoms with Crippen molar-refractivity contribution in [2.75, 3.05) is 0 Å². The fraction of sp³-hybridized carbons (Fsp3) is 0.333. The second kappa shape index (κ2) is 4.63. The van der Waals surface area contributed by atoms with Gasteiger partial charge in [-0.1, -0.05) is 4.49 Å². The lowest BCUT2D eigenvalue weighted by molar-refractivity contribution is 0.677. The Morgan fingerprint density at radius 1 is 1.29 bits per heavy atom. The summed E-state index contributed by atoms with van der Waals surface area (Å²) in [6, 6.07) is 0. The lowest BCUT2D eigenvalue weighted by atomic mass is 10.2. The van der Waals surface area contributed by atoms with Crippen LogP contribution in [0.3, 0.4) is 0 Å². The first kappa shape index (κ1) is 9.76. The molecule has 0 aliphatic carbocycles. The van der Waals surface area contributed by atoms with Crippen LogP contribution >= 0.6 is 22.9 Å². The minimum Gasteiger partial charge on any atom is -0.307 e. The molecule has 0 unspecified atom stereocenters. The van der Waals surface area contributed by atoms with Crippen LogP contribution in [0.15, 0.2) is 16.1 Å². The van der Waals surface area contributed by atoms with Crippen molar-refractivity contribution < 1.29 is 0 Å². The third kappa shape index (κ3) is 2.37. The molecule has 0 radical (unpaired) electrons. The van der Waals surface area contributed by atoms with E-state index >= 15 is 0 Å². The summed E-state index contributed by atoms with van der Waals surface area (Å²) in [7, 11) is 0. The van der Waals surface area contributed by atoms with E-state index in [1.807, 2.05) is 5.38 Å². The molecule has 0 amide bonds. The number of aryl methyl sites for hydroxylation is 1. The zero-order valence-electron chi connectivity index (χ0n) is 7.86. The molecule has 2 aromatic heterocycles. The van der Waals surface area contributed by atoms with Gasteiger partial charge < -0.3 is 5.32 Å². The lowest BCUT2D eigenvalue weighted by Crippen LogP contribution is -2.12. The molecule has 0 bridgehead atoms. The molecule has 3 nitrogen and oxygen atoms in total. The van der Waals surface area contributed by atoms with Crippen LogP contribution < -0.4 is 5.32 Å². The van der Waals surface area contributed by atoms with Gasteiger partial charge in [0.15, 0.2) is 0 Å². The van der Waals surface area contributed by atoms with Crippen molar-refractivity contribution in [3.8, 4) is 0 Å². The Hall–Kier alpha value is -0.780. The molecule has 14 heavy (non-hydrogen) atoms. The van der Waals surface area contributed by atoms with Gasteiger partial charge in [0.2, 0.25) is 0 Å². The highest BCUT2D eigenvalue weighted by atomic mass is 32.1. The molecule has 0 spiro atoms. The Morgan fingerprint density at radius 2 is 2.21 bits per heavy atom. The number of hydrogen-bond acceptors (Lipinski definition) is 5. The number of rotatable bonds is 4. The Bertz CT molecular complexity index is 380. The number of thiophene rings is 1. The predicted octanol–water partition coefficient (Wildman–Crippen LogP) is 2.20. The zero-order valence-corrected chi connectivity index (χ0v) is 9.49. The molecule has 0 saturated carbocycles. The minimum absolute atomic E-state index is 0.797. The van der Waals surface area contributed by atoms with E-state index < -0.39 is 0 Å². The number of nitrogens with one attached hydrogen (secondary N) is 1. The SMILES string of the molecule is Cc1cscc1CNCc1csnn1. The van der Waals surface area contributed by atoms with Gasteiger partial charge in [0, 0.05) is 18.5 Å². The van der Waals surface area contributed by atoms with Crippen LogP contribution in [0, 0.1) is 6.92 Å². The summed E-state index contributed by atoms with van der Waals surface area (Å²) in [5.74, 6) is 0. The summed E-state index contributed by atoms with van der Waals surface area (Å²) in [6.45, 7) is 3.84. The highest BCUT2D eigenvalue weighted by Gasteiger charge is 1.99. The third-order valence-corrected chi connectivity index (χ3v) is 3.45. The summed E-state index contributed by atoms with van der Waals surface area (Å²) >= 11 is 3.14. The van der Waals surface area contributed by atoms with Crippen molar-refractivity contribution in [3.05, 3.63) is 33.0 Å². The second-order valence-electron chi connectivity index (χ2n) is 3.08. The molecular formula is C9H11N3S2. The summed E-state index contributed by atoms with van der Waals surface area (Å²) in [6.07, 6.45) is 0. The number of aromatic nitrogens is 2. The standard InChI is InChI=1S/C9H11N3S2/c1-7-4-13-5-8(7)2-10-3-9-6-14-12-11-9/h4-6,10H,2-3H2,1H3. The predicted molar refractivity (Wildman–Crippen MR) is 59.5 cm³/mol. The van der Waals surface area contributed by atoms with Crippen molar-refractivity contribution in [2.24, 2.45) is 0 Å². The summed E-state index contributed by atoms with van der Waals surface area (Å²) in [5.41, 5.74) is 3.75. The number of nitrogens with zero attached hydrogens (tertiary/aromatic N) is 2. The molecule has 0 atom stereocenters. The van der Waals surface area contributed by atoms with E-state index in [9.17, 15) is 0 Å². The van der Waals surface area contributed by atoms with Crippen LogP contribution in [0.5, 0.6) is 0 Å². The maximum atomic E-state index is 3.97. The Morgan fingerprint density at radius 3 is 2.86 bits per heavy atom. The van der Waals surface area contributed by atoms with Crippen molar-refractivity contribution in [2.45, 2.75) is 20.0 Å². The van der Waals surface area contributed by atoms with Crippen LogP contribution in [0.1, 0.15) is 16.8 Å². The fourth-order valence-corrected chi connectivity index (χ4v) is 2.46. The first-order valence-electron chi connectivity index (χ1n) is 4.34. The zero-order chi connectivity index (χ0) is 9.80. The van der Waals surface area contributed by atoms with Crippen LogP contribution in [0.25, 0.3) is 0 Å². The summed E-state index contributed by atoms with van der Waals surface area (Å²) in [5, 5.41) is 13.6. The van der Waals surface area contributed by atoms with Gasteiger partial charge >= 0.3 is 0 Å². The van der Waals surface area contributed by atoms with Crippen molar-refractivity contribution in [1.82, 2.24) is 14.9 Å². The van der Waals surface area contributed by atoms with Gasteiger partial charge in [-0.25, -0.2) is 0 Å². The Kier molecular flexibility index (Phi) is 3.23. The van der Waals surface area contributed by atoms with Gasteiger partial charge in [-0.15, -0.1) is 5.10 Å². The smallest absolute Gasteiger partial charge is 0.0893 e. The van der Waals surface area contributed by atoms with Crippen LogP contribution in [-0.4, -0.2) is 9.59 Å². The van der Waals surface area contributed by atoms with Gasteiger partial charge in [-0.2, -0.15) is 11.3 Å². The second-order valence-corrected chi connectivity index (χ2v) is 4.43. The molecule has 0 aliphatic heterocycles. The lowest BCUT2D eigenvalue weighted by Gasteiger charge is -2.01. The van der Waals surface area contributed by atoms with E-state index in [4.69, 9.17) is 0 Å². The van der Waals surface area contributed by atoms with E-state index in [2.05, 4.69) is 32.6 Å². The molecule has 1 N–H and O–H groups in total. The van der Waals surface area contributed by atoms with Crippen molar-refractivity contribution in [1.29, 1.82) is 0 Å². The van der Waals surface area contributed by atoms with Crippen LogP contribution in [-0.2, 0) is 13.1 Å². The maximum absolute atomic E-state index is 3.97. The van der Waals surface area contributed by atoms with E-state index in [-0.39, 0.29) is 0 Å². The van der Waals surface area contributed by atoms with Gasteiger partial charge in [0.05, 0.1) is 5.69 Å². The number of hydrogen-bond donors (Lipinski definition) is 1. The quantitative estimate of drug-likeness (QED) is 0.867. The molecule has 2 heterocycles. The molecule has 2 aromatic rings. The summed E-state index contributed by atoms with van der Waals surface area (Å²) in [4.78, 5) is 0. The monoisotopic (exact) mass is 225 g/mol. The summed E-state index contributed by atoms with van der Waals surface area (Å²) < 4.78 is 3.81. The molecule has 0 fully saturated rings. The molecule has 0 saturated heterocycles. The molecule has 74 valence electrons. The third-order valence-electron chi connectivity index (χ3n) is 1.99. The van der Waals surface area contributed by atoms with E-state index in [0.717, 1.165) is 18.8 Å². The maximum Gasteiger partial charge on any atom is 0.0893 e. The highest BCUT2D eigenvalue weighted by Crippen LogP contribution is 2.13. The van der Waals surface area contributed by atoms with Gasteiger partial charge in [-0.05, 0) is 40.3 Å². The first-order chi connectivity index (χ1) is 6.86. The Labute approximate surface area is 91.0 Å². The highest BCUT2D eigenvalue weighted by molar-refractivity contribution is 7.08. The molecule has 0 aromatic carbocycles. The fourth-order valence-electron chi connectivity index (χ4n) is 1.15. The molecule has 5 heteroatoms. The van der Waals surface area contributed by atoms with Gasteiger partial charge in [0.1, 0.15) is 0 Å². The van der Waals surface area contributed by atoms with Gasteiger partial charge in [-0.3, -0.25) is 0 Å². The minimum atomic E-state index is 0.797. The van der Waals surface area contributed by atoms with E-state index in [1.165, 1.54) is 22.7 Å². The first-order valence-corrected chi connectivity index (χ1v) is 6.12. The topological polar surface area (TPSA) is 37.8 Å². The van der Waals surface area contributed by atoms with Crippen LogP contribution in [0.2, 0.25) is 0 Å². The largest absolute Gasteiger partial charge is 0.307 e. The normalized spacial score (nSPS) is 10.6. The van der Waals surface area contributed by atoms with Crippen LogP contribution in [0.4, 0.5) is 0 Å².